The van der Waals surface area contributed by atoms with E-state index in [-0.39, 0.29) is 12.6 Å². The van der Waals surface area contributed by atoms with Gasteiger partial charge in [-0.25, -0.2) is 9.97 Å². The van der Waals surface area contributed by atoms with Crippen LogP contribution in [0.15, 0.2) is 60.7 Å². The summed E-state index contributed by atoms with van der Waals surface area (Å²) in [5.74, 6) is 2.45. The van der Waals surface area contributed by atoms with Crippen LogP contribution in [0, 0.1) is 5.92 Å². The molecule has 4 aromatic rings. The Labute approximate surface area is 192 Å². The molecule has 0 aliphatic heterocycles. The Morgan fingerprint density at radius 3 is 2.59 bits per heavy atom. The Kier molecular flexibility index (Phi) is 6.93. The van der Waals surface area contributed by atoms with E-state index in [1.54, 1.807) is 6.07 Å². The lowest BCUT2D eigenvalue weighted by atomic mass is 10.0. The molecule has 0 radical (unpaired) electrons. The lowest BCUT2D eigenvalue weighted by Crippen LogP contribution is -2.26. The van der Waals surface area contributed by atoms with Crippen LogP contribution >= 0.6 is 11.6 Å². The van der Waals surface area contributed by atoms with Gasteiger partial charge in [0.25, 0.3) is 0 Å². The number of halogens is 1. The minimum atomic E-state index is -0.0993. The maximum atomic E-state index is 9.89. The van der Waals surface area contributed by atoms with Gasteiger partial charge in [-0.1, -0.05) is 61.8 Å². The van der Waals surface area contributed by atoms with Gasteiger partial charge < -0.3 is 20.1 Å². The Morgan fingerprint density at radius 1 is 1.06 bits per heavy atom. The zero-order chi connectivity index (χ0) is 22.5. The van der Waals surface area contributed by atoms with Crippen LogP contribution in [0.4, 0.5) is 5.82 Å². The average molecular weight is 451 g/mol. The number of aliphatic hydroxyl groups excluding tert-OH is 1. The molecule has 1 atom stereocenters. The predicted octanol–water partition coefficient (Wildman–Crippen LogP) is 5.68. The summed E-state index contributed by atoms with van der Waals surface area (Å²) in [4.78, 5) is 12.9. The van der Waals surface area contributed by atoms with E-state index < -0.39 is 0 Å². The Morgan fingerprint density at radius 2 is 1.88 bits per heavy atom. The Hall–Kier alpha value is -3.09. The molecule has 2 aromatic carbocycles. The van der Waals surface area contributed by atoms with Gasteiger partial charge in [0.2, 0.25) is 0 Å². The zero-order valence-electron chi connectivity index (χ0n) is 18.2. The highest BCUT2D eigenvalue weighted by atomic mass is 35.5. The molecule has 0 saturated carbocycles. The predicted molar refractivity (Wildman–Crippen MR) is 129 cm³/mol. The van der Waals surface area contributed by atoms with E-state index in [2.05, 4.69) is 24.1 Å². The number of H-pyrrole nitrogens is 1. The fourth-order valence-electron chi connectivity index (χ4n) is 3.63. The Balaban J connectivity index is 1.68. The summed E-state index contributed by atoms with van der Waals surface area (Å²) in [5, 5.41) is 14.8. The van der Waals surface area contributed by atoms with E-state index in [9.17, 15) is 5.11 Å². The average Bonchev–Trinajstić information content (AvgIpc) is 3.21. The fourth-order valence-corrected chi connectivity index (χ4v) is 3.81. The first-order valence-corrected chi connectivity index (χ1v) is 11.1. The number of aromatic nitrogens is 3. The van der Waals surface area contributed by atoms with Crippen LogP contribution in [0.2, 0.25) is 5.02 Å². The van der Waals surface area contributed by atoms with Gasteiger partial charge >= 0.3 is 0 Å². The highest BCUT2D eigenvalue weighted by Gasteiger charge is 2.17. The third kappa shape index (κ3) is 5.39. The first kappa shape index (κ1) is 22.1. The number of rotatable bonds is 9. The molecule has 2 heterocycles. The normalized spacial score (nSPS) is 12.3. The molecule has 6 nitrogen and oxygen atoms in total. The van der Waals surface area contributed by atoms with Crippen molar-refractivity contribution < 1.29 is 9.84 Å². The van der Waals surface area contributed by atoms with E-state index >= 15 is 0 Å². The van der Waals surface area contributed by atoms with Crippen LogP contribution in [0.3, 0.4) is 0 Å². The standard InChI is InChI=1S/C25H27ClN4O2/c1-16(2)11-19(14-31)27-24-22-13-20(15-32-21-10-6-9-18(26)12-21)28-25(22)30-23(29-24)17-7-4-3-5-8-17/h3-10,12-13,16,19,31H,11,14-15H2,1-2H3,(H2,27,28,29,30)/t19-/m1/s1. The lowest BCUT2D eigenvalue weighted by molar-refractivity contribution is 0.259. The van der Waals surface area contributed by atoms with Crippen molar-refractivity contribution in [3.63, 3.8) is 0 Å². The first-order valence-electron chi connectivity index (χ1n) is 10.7. The number of aromatic amines is 1. The first-order chi connectivity index (χ1) is 15.5. The summed E-state index contributed by atoms with van der Waals surface area (Å²) in [6.07, 6.45) is 0.831. The molecule has 0 saturated heterocycles. The molecule has 3 N–H and O–H groups in total. The summed E-state index contributed by atoms with van der Waals surface area (Å²) < 4.78 is 5.89. The Bertz CT molecular complexity index is 1180. The number of fused-ring (bicyclic) bond motifs is 1. The van der Waals surface area contributed by atoms with Gasteiger partial charge in [0.05, 0.1) is 23.7 Å². The van der Waals surface area contributed by atoms with Gasteiger partial charge in [-0.05, 0) is 36.6 Å². The molecule has 7 heteroatoms. The summed E-state index contributed by atoms with van der Waals surface area (Å²) in [6.45, 7) is 4.64. The molecule has 0 amide bonds. The van der Waals surface area contributed by atoms with Gasteiger partial charge in [0, 0.05) is 10.6 Å². The summed E-state index contributed by atoms with van der Waals surface area (Å²) in [7, 11) is 0. The molecule has 0 unspecified atom stereocenters. The van der Waals surface area contributed by atoms with E-state index in [1.807, 2.05) is 54.6 Å². The van der Waals surface area contributed by atoms with Crippen LogP contribution in [0.25, 0.3) is 22.4 Å². The van der Waals surface area contributed by atoms with Crippen LogP contribution in [0.5, 0.6) is 5.75 Å². The topological polar surface area (TPSA) is 83.1 Å². The number of aliphatic hydroxyl groups is 1. The van der Waals surface area contributed by atoms with Gasteiger partial charge in [0.1, 0.15) is 23.8 Å². The van der Waals surface area contributed by atoms with Crippen LogP contribution in [-0.4, -0.2) is 32.7 Å². The molecule has 2 aromatic heterocycles. The minimum Gasteiger partial charge on any atom is -0.487 e. The van der Waals surface area contributed by atoms with Crippen LogP contribution < -0.4 is 10.1 Å². The zero-order valence-corrected chi connectivity index (χ0v) is 18.9. The molecule has 166 valence electrons. The van der Waals surface area contributed by atoms with Crippen molar-refractivity contribution in [2.45, 2.75) is 32.9 Å². The van der Waals surface area contributed by atoms with Crippen molar-refractivity contribution in [1.82, 2.24) is 15.0 Å². The quantitative estimate of drug-likeness (QED) is 0.305. The third-order valence-corrected chi connectivity index (χ3v) is 5.32. The smallest absolute Gasteiger partial charge is 0.163 e. The number of nitrogens with zero attached hydrogens (tertiary/aromatic N) is 2. The summed E-state index contributed by atoms with van der Waals surface area (Å²) in [5.41, 5.74) is 2.51. The van der Waals surface area contributed by atoms with Crippen molar-refractivity contribution in [2.24, 2.45) is 5.92 Å². The van der Waals surface area contributed by atoms with Crippen molar-refractivity contribution in [3.05, 3.63) is 71.4 Å². The van der Waals surface area contributed by atoms with Gasteiger partial charge in [-0.15, -0.1) is 0 Å². The largest absolute Gasteiger partial charge is 0.487 e. The van der Waals surface area contributed by atoms with E-state index in [0.717, 1.165) is 23.1 Å². The van der Waals surface area contributed by atoms with Gasteiger partial charge in [-0.2, -0.15) is 0 Å². The van der Waals surface area contributed by atoms with E-state index in [0.29, 0.717) is 40.6 Å². The molecule has 4 rings (SSSR count). The molecule has 0 spiro atoms. The maximum Gasteiger partial charge on any atom is 0.163 e. The number of ether oxygens (including phenoxy) is 1. The molecular formula is C25H27ClN4O2. The highest BCUT2D eigenvalue weighted by Crippen LogP contribution is 2.27. The number of anilines is 1. The maximum absolute atomic E-state index is 9.89. The molecule has 0 aliphatic rings. The second-order valence-corrected chi connectivity index (χ2v) is 8.65. The molecule has 32 heavy (non-hydrogen) atoms. The molecule has 0 fully saturated rings. The summed E-state index contributed by atoms with van der Waals surface area (Å²) >= 11 is 6.05. The van der Waals surface area contributed by atoms with E-state index in [4.69, 9.17) is 26.3 Å². The minimum absolute atomic E-state index is 0.0273. The molecule has 0 aliphatic carbocycles. The van der Waals surface area contributed by atoms with E-state index in [1.165, 1.54) is 0 Å². The number of nitrogens with one attached hydrogen (secondary N) is 2. The number of benzene rings is 2. The van der Waals surface area contributed by atoms with Crippen molar-refractivity contribution >= 4 is 28.5 Å². The number of hydrogen-bond acceptors (Lipinski definition) is 5. The van der Waals surface area contributed by atoms with Gasteiger partial charge in [0.15, 0.2) is 5.82 Å². The van der Waals surface area contributed by atoms with Crippen molar-refractivity contribution in [1.29, 1.82) is 0 Å². The SMILES string of the molecule is CC(C)C[C@H](CO)Nc1nc(-c2ccccc2)nc2[nH]c(COc3cccc(Cl)c3)cc12. The van der Waals surface area contributed by atoms with Gasteiger partial charge in [-0.3, -0.25) is 0 Å². The number of hydrogen-bond donors (Lipinski definition) is 3. The lowest BCUT2D eigenvalue weighted by Gasteiger charge is -2.19. The third-order valence-electron chi connectivity index (χ3n) is 5.08. The second kappa shape index (κ2) is 10.0. The van der Waals surface area contributed by atoms with Crippen molar-refractivity contribution in [3.8, 4) is 17.1 Å². The van der Waals surface area contributed by atoms with Crippen LogP contribution in [-0.2, 0) is 6.61 Å². The molecular weight excluding hydrogens is 424 g/mol. The van der Waals surface area contributed by atoms with Crippen LogP contribution in [0.1, 0.15) is 26.0 Å². The second-order valence-electron chi connectivity index (χ2n) is 8.22. The molecule has 0 bridgehead atoms. The van der Waals surface area contributed by atoms with Crippen molar-refractivity contribution in [2.75, 3.05) is 11.9 Å². The fraction of sp³-hybridized carbons (Fsp3) is 0.280. The summed E-state index contributed by atoms with van der Waals surface area (Å²) in [6, 6.07) is 19.0. The highest BCUT2D eigenvalue weighted by molar-refractivity contribution is 6.30. The monoisotopic (exact) mass is 450 g/mol.